The zero-order valence-electron chi connectivity index (χ0n) is 32.8. The number of nitrogens with one attached hydrogen (secondary N) is 1. The fourth-order valence-electron chi connectivity index (χ4n) is 7.21. The number of piperidine rings is 1. The molecule has 14 nitrogen and oxygen atoms in total. The number of aliphatic hydroxyl groups is 1. The Morgan fingerprint density at radius 3 is 2.48 bits per heavy atom. The van der Waals surface area contributed by atoms with Crippen LogP contribution in [0.15, 0.2) is 41.4 Å². The van der Waals surface area contributed by atoms with Crippen LogP contribution in [0.25, 0.3) is 0 Å². The number of ether oxygens (including phenoxy) is 5. The molecule has 0 aromatic heterocycles. The summed E-state index contributed by atoms with van der Waals surface area (Å²) in [6.07, 6.45) is 0.718. The van der Waals surface area contributed by atoms with Crippen molar-refractivity contribution in [3.8, 4) is 5.75 Å². The molecule has 300 valence electrons. The Kier molecular flexibility index (Phi) is 14.2. The van der Waals surface area contributed by atoms with Gasteiger partial charge >= 0.3 is 5.97 Å². The van der Waals surface area contributed by atoms with Crippen molar-refractivity contribution in [1.82, 2.24) is 10.2 Å². The molecule has 3 aliphatic heterocycles. The highest BCUT2D eigenvalue weighted by atomic mass is 35.5. The summed E-state index contributed by atoms with van der Waals surface area (Å²) in [7, 11) is 6.05. The third-order valence-electron chi connectivity index (χ3n) is 11.1. The van der Waals surface area contributed by atoms with E-state index in [1.54, 1.807) is 53.9 Å². The number of anilines is 1. The second-order valence-corrected chi connectivity index (χ2v) is 15.2. The zero-order chi connectivity index (χ0) is 40.1. The number of allylic oxidation sites excluding steroid dienone is 3. The van der Waals surface area contributed by atoms with E-state index in [0.29, 0.717) is 43.8 Å². The standard InChI is InChI=1S/C39H57ClN4O10/c1-11-12-22(2)17-26-18-28(33(40)29(19-26)51-10)44(8)32(45)20-31(53-36(47)24(4)43(7)35(46)27-13-15-41-16-14-27)38(6)34(54-38)23(3)30-21-39(49,25(5)50-9)42-37(48)52-30/h11-12,18-19,23-25,27,30-31,34,41,49H,1,13-17,20-21H2,2-10H3,(H,42,48)/p-1/b22-12+/t23-,24+,25-,30+,31?,34+,38+,39+/m1/s1. The normalized spacial score (nSPS) is 26.6. The lowest BCUT2D eigenvalue weighted by molar-refractivity contribution is -0.272. The Morgan fingerprint density at radius 1 is 1.20 bits per heavy atom. The van der Waals surface area contributed by atoms with E-state index >= 15 is 0 Å². The molecule has 54 heavy (non-hydrogen) atoms. The van der Waals surface area contributed by atoms with Gasteiger partial charge in [0.2, 0.25) is 11.8 Å². The van der Waals surface area contributed by atoms with Gasteiger partial charge in [-0.25, -0.2) is 9.79 Å². The van der Waals surface area contributed by atoms with Gasteiger partial charge in [-0.15, -0.1) is 0 Å². The summed E-state index contributed by atoms with van der Waals surface area (Å²) in [5.41, 5.74) is -0.767. The molecule has 2 saturated heterocycles. The minimum Gasteiger partial charge on any atom is -0.596 e. The van der Waals surface area contributed by atoms with Gasteiger partial charge in [-0.05, 0) is 83.7 Å². The van der Waals surface area contributed by atoms with E-state index in [9.17, 15) is 24.6 Å². The number of carbonyl (C=O) groups is 3. The maximum absolute atomic E-state index is 14.2. The van der Waals surface area contributed by atoms with Gasteiger partial charge in [-0.1, -0.05) is 42.8 Å². The van der Waals surface area contributed by atoms with Gasteiger partial charge in [0.15, 0.2) is 5.72 Å². The van der Waals surface area contributed by atoms with E-state index in [1.165, 1.54) is 24.0 Å². The smallest absolute Gasteiger partial charge is 0.328 e. The fraction of sp³-hybridized carbons (Fsp3) is 0.641. The quantitative estimate of drug-likeness (QED) is 0.143. The Morgan fingerprint density at radius 2 is 1.87 bits per heavy atom. The second kappa shape index (κ2) is 17.8. The van der Waals surface area contributed by atoms with E-state index in [1.807, 2.05) is 19.1 Å². The van der Waals surface area contributed by atoms with Crippen molar-refractivity contribution in [1.29, 1.82) is 0 Å². The van der Waals surface area contributed by atoms with Crippen molar-refractivity contribution < 1.29 is 48.3 Å². The molecule has 15 heteroatoms. The summed E-state index contributed by atoms with van der Waals surface area (Å²) in [6, 6.07) is 2.65. The van der Waals surface area contributed by atoms with Gasteiger partial charge in [-0.2, -0.15) is 0 Å². The number of nitrogens with zero attached hydrogens (tertiary/aromatic N) is 3. The van der Waals surface area contributed by atoms with Crippen LogP contribution in [0.5, 0.6) is 5.75 Å². The van der Waals surface area contributed by atoms with Crippen LogP contribution in [0.4, 0.5) is 5.69 Å². The number of aliphatic imine (C=N–C) groups is 1. The highest BCUT2D eigenvalue weighted by Gasteiger charge is 2.63. The van der Waals surface area contributed by atoms with Crippen LogP contribution in [-0.2, 0) is 39.8 Å². The summed E-state index contributed by atoms with van der Waals surface area (Å²) in [5.74, 6) is -1.66. The van der Waals surface area contributed by atoms with Gasteiger partial charge < -0.3 is 49.0 Å². The Balaban J connectivity index is 1.62. The number of hydrogen-bond donors (Lipinski definition) is 2. The number of esters is 1. The molecule has 8 atom stereocenters. The predicted octanol–water partition coefficient (Wildman–Crippen LogP) is 3.16. The summed E-state index contributed by atoms with van der Waals surface area (Å²) < 4.78 is 28.8. The molecule has 0 bridgehead atoms. The van der Waals surface area contributed by atoms with Crippen LogP contribution in [0, 0.1) is 11.8 Å². The topological polar surface area (TPSA) is 175 Å². The highest BCUT2D eigenvalue weighted by Crippen LogP contribution is 2.49. The second-order valence-electron chi connectivity index (χ2n) is 14.9. The number of likely N-dealkylation sites (N-methyl/N-ethyl adjacent to an activating group) is 1. The Hall–Kier alpha value is -3.69. The SMILES string of the molecule is C=C/C=C(\C)Cc1cc(OC)c(Cl)c(N(C)C(=O)CC(OC(=O)[C@H](C)N(C)C(=O)C2CCNCC2)[C@]2(C)O[C@H]2[C@H](C)[C@@H]2C[C@](O)([C@@H](C)OC)N=C([O-])O2)c1. The van der Waals surface area contributed by atoms with Crippen LogP contribution in [-0.4, -0.2) is 117 Å². The van der Waals surface area contributed by atoms with Gasteiger partial charge in [0.05, 0.1) is 25.3 Å². The first-order valence-corrected chi connectivity index (χ1v) is 18.7. The summed E-state index contributed by atoms with van der Waals surface area (Å²) >= 11 is 6.75. The molecule has 3 heterocycles. The van der Waals surface area contributed by atoms with Gasteiger partial charge in [0.1, 0.15) is 40.7 Å². The van der Waals surface area contributed by atoms with Crippen LogP contribution in [0.3, 0.4) is 0 Å². The molecule has 2 amide bonds. The predicted molar refractivity (Wildman–Crippen MR) is 202 cm³/mol. The summed E-state index contributed by atoms with van der Waals surface area (Å²) in [6.45, 7) is 13.9. The van der Waals surface area contributed by atoms with Crippen molar-refractivity contribution in [3.05, 3.63) is 47.0 Å². The van der Waals surface area contributed by atoms with Gasteiger partial charge in [0, 0.05) is 39.6 Å². The first-order chi connectivity index (χ1) is 25.4. The maximum atomic E-state index is 14.2. The average molecular weight is 776 g/mol. The lowest BCUT2D eigenvalue weighted by Crippen LogP contribution is -2.53. The minimum absolute atomic E-state index is 0.0598. The number of hydrogen-bond acceptors (Lipinski definition) is 12. The molecule has 3 aliphatic rings. The monoisotopic (exact) mass is 775 g/mol. The first kappa shape index (κ1) is 43.0. The van der Waals surface area contributed by atoms with Crippen molar-refractivity contribution in [3.63, 3.8) is 0 Å². The summed E-state index contributed by atoms with van der Waals surface area (Å²) in [5, 5.41) is 27.2. The third-order valence-corrected chi connectivity index (χ3v) is 11.5. The molecule has 0 aliphatic carbocycles. The van der Waals surface area contributed by atoms with E-state index < -0.39 is 65.7 Å². The van der Waals surface area contributed by atoms with Crippen molar-refractivity contribution in [2.24, 2.45) is 16.8 Å². The van der Waals surface area contributed by atoms with Crippen molar-refractivity contribution in [2.75, 3.05) is 46.3 Å². The van der Waals surface area contributed by atoms with Crippen LogP contribution < -0.4 is 20.1 Å². The number of benzene rings is 1. The lowest BCUT2D eigenvalue weighted by atomic mass is 9.84. The average Bonchev–Trinajstić information content (AvgIpc) is 3.85. The number of halogens is 1. The van der Waals surface area contributed by atoms with E-state index in [2.05, 4.69) is 16.9 Å². The molecular formula is C39H56ClN4O10-. The molecule has 0 radical (unpaired) electrons. The number of rotatable bonds is 16. The molecule has 1 unspecified atom stereocenters. The number of carbonyl (C=O) groups excluding carboxylic acids is 3. The third kappa shape index (κ3) is 9.57. The Bertz CT molecular complexity index is 1620. The zero-order valence-corrected chi connectivity index (χ0v) is 33.6. The molecule has 0 spiro atoms. The number of epoxide rings is 1. The van der Waals surface area contributed by atoms with Crippen molar-refractivity contribution in [2.45, 2.75) is 109 Å². The number of methoxy groups -OCH3 is 2. The molecular weight excluding hydrogens is 720 g/mol. The molecule has 4 rings (SSSR count). The molecule has 2 fully saturated rings. The largest absolute Gasteiger partial charge is 0.596 e. The van der Waals surface area contributed by atoms with E-state index in [-0.39, 0.29) is 29.7 Å². The van der Waals surface area contributed by atoms with Crippen LogP contribution >= 0.6 is 11.6 Å². The van der Waals surface area contributed by atoms with Gasteiger partial charge in [0.25, 0.3) is 0 Å². The van der Waals surface area contributed by atoms with E-state index in [0.717, 1.165) is 11.1 Å². The van der Waals surface area contributed by atoms with Gasteiger partial charge in [-0.3, -0.25) is 9.59 Å². The van der Waals surface area contributed by atoms with Crippen LogP contribution in [0.2, 0.25) is 5.02 Å². The van der Waals surface area contributed by atoms with Crippen molar-refractivity contribution >= 4 is 41.2 Å². The molecule has 1 aromatic carbocycles. The molecule has 0 saturated carbocycles. The van der Waals surface area contributed by atoms with E-state index in [4.69, 9.17) is 35.3 Å². The minimum atomic E-state index is -1.82. The first-order valence-electron chi connectivity index (χ1n) is 18.4. The summed E-state index contributed by atoms with van der Waals surface area (Å²) in [4.78, 5) is 47.9. The molecule has 1 aromatic rings. The van der Waals surface area contributed by atoms with Crippen LogP contribution in [0.1, 0.15) is 65.9 Å². The Labute approximate surface area is 323 Å². The molecule has 2 N–H and O–H groups in total. The maximum Gasteiger partial charge on any atom is 0.328 e. The highest BCUT2D eigenvalue weighted by molar-refractivity contribution is 6.35. The number of amides is 2. The fourth-order valence-corrected chi connectivity index (χ4v) is 7.52. The lowest BCUT2D eigenvalue weighted by Gasteiger charge is -2.43.